The van der Waals surface area contributed by atoms with E-state index in [1.54, 1.807) is 0 Å². The highest BCUT2D eigenvalue weighted by atomic mass is 19.4. The first-order valence-electron chi connectivity index (χ1n) is 7.13. The fourth-order valence-electron chi connectivity index (χ4n) is 2.00. The molecule has 0 fully saturated rings. The van der Waals surface area contributed by atoms with Gasteiger partial charge in [-0.2, -0.15) is 13.2 Å². The smallest absolute Gasteiger partial charge is 0.471 e. The molecule has 6 nitrogen and oxygen atoms in total. The van der Waals surface area contributed by atoms with Crippen molar-refractivity contribution >= 4 is 23.9 Å². The average Bonchev–Trinajstić information content (AvgIpc) is 2.48. The van der Waals surface area contributed by atoms with Crippen LogP contribution in [0, 0.1) is 0 Å². The molecular weight excluding hydrogens is 343 g/mol. The van der Waals surface area contributed by atoms with Gasteiger partial charge in [-0.1, -0.05) is 6.07 Å². The Labute approximate surface area is 142 Å². The number of benzene rings is 1. The first kappa shape index (κ1) is 20.5. The Morgan fingerprint density at radius 3 is 2.24 bits per heavy atom. The minimum Gasteiger partial charge on any atom is -0.495 e. The maximum atomic E-state index is 13.0. The summed E-state index contributed by atoms with van der Waals surface area (Å²) >= 11 is 0. The number of rotatable bonds is 5. The van der Waals surface area contributed by atoms with E-state index in [0.29, 0.717) is 0 Å². The summed E-state index contributed by atoms with van der Waals surface area (Å²) in [7, 11) is 1.16. The standard InChI is InChI=1S/C16H18F3NO5/c1-15(2,3)25-12(22)8-20(14(23)16(17,18)19)13-10(9-21)6-5-7-11(13)24-4/h5-7,9H,8H2,1-4H3. The zero-order valence-corrected chi connectivity index (χ0v) is 14.1. The molecule has 0 heterocycles. The van der Waals surface area contributed by atoms with Gasteiger partial charge >= 0.3 is 18.1 Å². The van der Waals surface area contributed by atoms with Gasteiger partial charge in [-0.15, -0.1) is 0 Å². The minimum atomic E-state index is -5.26. The Bertz CT molecular complexity index is 665. The van der Waals surface area contributed by atoms with Gasteiger partial charge in [0.15, 0.2) is 6.29 Å². The predicted molar refractivity (Wildman–Crippen MR) is 82.6 cm³/mol. The van der Waals surface area contributed by atoms with Crippen molar-refractivity contribution in [3.8, 4) is 5.75 Å². The van der Waals surface area contributed by atoms with Crippen LogP contribution in [0.1, 0.15) is 31.1 Å². The van der Waals surface area contributed by atoms with Crippen molar-refractivity contribution in [3.63, 3.8) is 0 Å². The highest BCUT2D eigenvalue weighted by molar-refractivity contribution is 6.05. The second-order valence-electron chi connectivity index (χ2n) is 5.99. The average molecular weight is 361 g/mol. The van der Waals surface area contributed by atoms with E-state index in [1.165, 1.54) is 39.0 Å². The van der Waals surface area contributed by atoms with Crippen LogP contribution >= 0.6 is 0 Å². The van der Waals surface area contributed by atoms with Gasteiger partial charge in [0.1, 0.15) is 17.9 Å². The number of amides is 1. The molecule has 0 spiro atoms. The molecule has 0 radical (unpaired) electrons. The molecule has 0 aliphatic rings. The molecule has 0 saturated heterocycles. The van der Waals surface area contributed by atoms with Crippen LogP contribution < -0.4 is 9.64 Å². The van der Waals surface area contributed by atoms with E-state index in [9.17, 15) is 27.6 Å². The van der Waals surface area contributed by atoms with Crippen LogP contribution in [0.5, 0.6) is 5.75 Å². The van der Waals surface area contributed by atoms with E-state index in [1.807, 2.05) is 0 Å². The summed E-state index contributed by atoms with van der Waals surface area (Å²) in [5.74, 6) is -3.54. The van der Waals surface area contributed by atoms with E-state index in [2.05, 4.69) is 0 Å². The van der Waals surface area contributed by atoms with E-state index < -0.39 is 35.9 Å². The monoisotopic (exact) mass is 361 g/mol. The second kappa shape index (κ2) is 7.54. The molecule has 25 heavy (non-hydrogen) atoms. The first-order valence-corrected chi connectivity index (χ1v) is 7.13. The quantitative estimate of drug-likeness (QED) is 0.596. The van der Waals surface area contributed by atoms with E-state index in [-0.39, 0.29) is 22.5 Å². The molecule has 1 aromatic carbocycles. The third-order valence-corrected chi connectivity index (χ3v) is 2.84. The van der Waals surface area contributed by atoms with Gasteiger partial charge in [-0.05, 0) is 32.9 Å². The van der Waals surface area contributed by atoms with Crippen LogP contribution in [0.15, 0.2) is 18.2 Å². The van der Waals surface area contributed by atoms with Crippen molar-refractivity contribution in [2.75, 3.05) is 18.6 Å². The second-order valence-corrected chi connectivity index (χ2v) is 5.99. The molecule has 1 amide bonds. The number of methoxy groups -OCH3 is 1. The van der Waals surface area contributed by atoms with E-state index in [4.69, 9.17) is 9.47 Å². The van der Waals surface area contributed by atoms with Gasteiger partial charge < -0.3 is 9.47 Å². The van der Waals surface area contributed by atoms with Gasteiger partial charge in [0.2, 0.25) is 0 Å². The summed E-state index contributed by atoms with van der Waals surface area (Å²) in [4.78, 5) is 35.1. The summed E-state index contributed by atoms with van der Waals surface area (Å²) in [5, 5.41) is 0. The van der Waals surface area contributed by atoms with Crippen molar-refractivity contribution in [2.24, 2.45) is 0 Å². The van der Waals surface area contributed by atoms with Gasteiger partial charge in [-0.3, -0.25) is 19.3 Å². The van der Waals surface area contributed by atoms with Gasteiger partial charge in [0.25, 0.3) is 0 Å². The molecule has 0 saturated carbocycles. The first-order chi connectivity index (χ1) is 11.4. The van der Waals surface area contributed by atoms with Crippen LogP contribution in [0.2, 0.25) is 0 Å². The Morgan fingerprint density at radius 1 is 1.20 bits per heavy atom. The normalized spacial score (nSPS) is 11.6. The van der Waals surface area contributed by atoms with Gasteiger partial charge in [0.05, 0.1) is 12.8 Å². The number of nitrogens with zero attached hydrogens (tertiary/aromatic N) is 1. The fourth-order valence-corrected chi connectivity index (χ4v) is 2.00. The van der Waals surface area contributed by atoms with Crippen molar-refractivity contribution in [1.82, 2.24) is 0 Å². The lowest BCUT2D eigenvalue weighted by Gasteiger charge is -2.27. The lowest BCUT2D eigenvalue weighted by atomic mass is 10.1. The Kier molecular flexibility index (Phi) is 6.17. The van der Waals surface area contributed by atoms with E-state index in [0.717, 1.165) is 7.11 Å². The van der Waals surface area contributed by atoms with Crippen molar-refractivity contribution in [3.05, 3.63) is 23.8 Å². The number of para-hydroxylation sites is 1. The summed E-state index contributed by atoms with van der Waals surface area (Å²) in [6, 6.07) is 3.85. The van der Waals surface area contributed by atoms with Crippen molar-refractivity contribution < 1.29 is 37.0 Å². The number of aldehydes is 1. The molecule has 0 aliphatic heterocycles. The minimum absolute atomic E-state index is 0.136. The zero-order chi connectivity index (χ0) is 19.4. The number of carbonyl (C=O) groups excluding carboxylic acids is 3. The van der Waals surface area contributed by atoms with E-state index >= 15 is 0 Å². The van der Waals surface area contributed by atoms with Gasteiger partial charge in [0, 0.05) is 5.56 Å². The maximum Gasteiger partial charge on any atom is 0.471 e. The van der Waals surface area contributed by atoms with Crippen LogP contribution in [0.25, 0.3) is 0 Å². The largest absolute Gasteiger partial charge is 0.495 e. The third kappa shape index (κ3) is 5.47. The molecule has 0 N–H and O–H groups in total. The lowest BCUT2D eigenvalue weighted by Crippen LogP contribution is -2.46. The number of anilines is 1. The maximum absolute atomic E-state index is 13.0. The topological polar surface area (TPSA) is 72.9 Å². The number of halogens is 3. The van der Waals surface area contributed by atoms with Crippen LogP contribution in [-0.2, 0) is 14.3 Å². The molecule has 1 rings (SSSR count). The predicted octanol–water partition coefficient (Wildman–Crippen LogP) is 2.74. The number of hydrogen-bond acceptors (Lipinski definition) is 5. The molecule has 0 unspecified atom stereocenters. The number of carbonyl (C=O) groups is 3. The summed E-state index contributed by atoms with van der Waals surface area (Å²) < 4.78 is 48.8. The van der Waals surface area contributed by atoms with Crippen LogP contribution in [0.4, 0.5) is 18.9 Å². The summed E-state index contributed by atoms with van der Waals surface area (Å²) in [5.41, 5.74) is -1.65. The Hall–Kier alpha value is -2.58. The third-order valence-electron chi connectivity index (χ3n) is 2.84. The Balaban J connectivity index is 3.41. The molecular formula is C16H18F3NO5. The zero-order valence-electron chi connectivity index (χ0n) is 14.1. The summed E-state index contributed by atoms with van der Waals surface area (Å²) in [6.45, 7) is 3.55. The number of alkyl halides is 3. The van der Waals surface area contributed by atoms with Crippen molar-refractivity contribution in [2.45, 2.75) is 32.5 Å². The molecule has 9 heteroatoms. The van der Waals surface area contributed by atoms with Crippen LogP contribution in [-0.4, -0.2) is 43.6 Å². The molecule has 0 bridgehead atoms. The van der Waals surface area contributed by atoms with Gasteiger partial charge in [-0.25, -0.2) is 0 Å². The lowest BCUT2D eigenvalue weighted by molar-refractivity contribution is -0.171. The Morgan fingerprint density at radius 2 is 1.80 bits per heavy atom. The molecule has 0 aliphatic carbocycles. The van der Waals surface area contributed by atoms with Crippen LogP contribution in [0.3, 0.4) is 0 Å². The molecule has 1 aromatic rings. The fraction of sp³-hybridized carbons (Fsp3) is 0.438. The molecule has 0 atom stereocenters. The highest BCUT2D eigenvalue weighted by Crippen LogP contribution is 2.34. The number of esters is 1. The molecule has 0 aromatic heterocycles. The SMILES string of the molecule is COc1cccc(C=O)c1N(CC(=O)OC(C)(C)C)C(=O)C(F)(F)F. The highest BCUT2D eigenvalue weighted by Gasteiger charge is 2.45. The number of ether oxygens (including phenoxy) is 2. The van der Waals surface area contributed by atoms with Crippen molar-refractivity contribution in [1.29, 1.82) is 0 Å². The number of hydrogen-bond donors (Lipinski definition) is 0. The molecule has 138 valence electrons. The summed E-state index contributed by atoms with van der Waals surface area (Å²) in [6.07, 6.45) is -4.99.